The van der Waals surface area contributed by atoms with Crippen LogP contribution in [-0.4, -0.2) is 42.8 Å². The van der Waals surface area contributed by atoms with E-state index >= 15 is 0 Å². The summed E-state index contributed by atoms with van der Waals surface area (Å²) in [5.41, 5.74) is 0.902. The van der Waals surface area contributed by atoms with Gasteiger partial charge in [-0.3, -0.25) is 4.79 Å². The van der Waals surface area contributed by atoms with Crippen LogP contribution in [0.1, 0.15) is 5.56 Å². The predicted octanol–water partition coefficient (Wildman–Crippen LogP) is 3.69. The normalized spacial score (nSPS) is 10.4. The molecule has 0 spiro atoms. The maximum Gasteiger partial charge on any atom is 0.235 e. The highest BCUT2D eigenvalue weighted by Crippen LogP contribution is 2.31. The summed E-state index contributed by atoms with van der Waals surface area (Å²) < 4.78 is 17.7. The molecule has 3 aromatic rings. The van der Waals surface area contributed by atoms with Crippen molar-refractivity contribution in [2.75, 3.05) is 32.4 Å². The maximum atomic E-state index is 12.4. The van der Waals surface area contributed by atoms with Gasteiger partial charge < -0.3 is 19.5 Å². The van der Waals surface area contributed by atoms with E-state index in [0.717, 1.165) is 16.2 Å². The number of carbonyl (C=O) groups excluding carboxylic acids is 1. The lowest BCUT2D eigenvalue weighted by Crippen LogP contribution is -2.18. The average Bonchev–Trinajstić information content (AvgIpc) is 3.18. The number of aromatic nitrogens is 2. The second-order valence-electron chi connectivity index (χ2n) is 6.04. The van der Waals surface area contributed by atoms with Crippen molar-refractivity contribution in [1.29, 1.82) is 0 Å². The second kappa shape index (κ2) is 9.88. The van der Waals surface area contributed by atoms with Crippen LogP contribution in [-0.2, 0) is 11.3 Å². The SMILES string of the molecule is COc1ccc(SCC(=O)Nc2ccnn2Cc2cccc(OC)c2OC)cc1. The molecule has 0 saturated heterocycles. The third-order valence-electron chi connectivity index (χ3n) is 4.22. The van der Waals surface area contributed by atoms with Crippen LogP contribution in [0.3, 0.4) is 0 Å². The van der Waals surface area contributed by atoms with Gasteiger partial charge in [0.05, 0.1) is 39.8 Å². The van der Waals surface area contributed by atoms with Crippen molar-refractivity contribution in [3.8, 4) is 17.2 Å². The lowest BCUT2D eigenvalue weighted by molar-refractivity contribution is -0.113. The number of ether oxygens (including phenoxy) is 3. The van der Waals surface area contributed by atoms with Crippen LogP contribution in [0, 0.1) is 0 Å². The minimum absolute atomic E-state index is 0.106. The van der Waals surface area contributed by atoms with Gasteiger partial charge in [-0.15, -0.1) is 11.8 Å². The van der Waals surface area contributed by atoms with Gasteiger partial charge in [-0.05, 0) is 30.3 Å². The molecule has 1 amide bonds. The molecule has 0 aliphatic rings. The number of anilines is 1. The van der Waals surface area contributed by atoms with E-state index in [0.29, 0.717) is 29.6 Å². The molecule has 0 radical (unpaired) electrons. The number of carbonyl (C=O) groups is 1. The summed E-state index contributed by atoms with van der Waals surface area (Å²) >= 11 is 1.46. The number of thioether (sulfide) groups is 1. The molecule has 1 aromatic heterocycles. The summed E-state index contributed by atoms with van der Waals surface area (Å²) in [4.78, 5) is 13.4. The fourth-order valence-electron chi connectivity index (χ4n) is 2.80. The van der Waals surface area contributed by atoms with Crippen LogP contribution in [0.2, 0.25) is 0 Å². The molecule has 0 atom stereocenters. The molecule has 0 saturated carbocycles. The first-order valence-electron chi connectivity index (χ1n) is 8.93. The number of benzene rings is 2. The Balaban J connectivity index is 1.63. The van der Waals surface area contributed by atoms with Gasteiger partial charge in [-0.2, -0.15) is 5.10 Å². The number of hydrogen-bond acceptors (Lipinski definition) is 6. The summed E-state index contributed by atoms with van der Waals surface area (Å²) in [6.07, 6.45) is 1.65. The molecule has 7 nitrogen and oxygen atoms in total. The first-order chi connectivity index (χ1) is 14.1. The molecule has 0 fully saturated rings. The van der Waals surface area contributed by atoms with Gasteiger partial charge >= 0.3 is 0 Å². The van der Waals surface area contributed by atoms with Crippen LogP contribution < -0.4 is 19.5 Å². The van der Waals surface area contributed by atoms with Gasteiger partial charge in [0.15, 0.2) is 11.5 Å². The van der Waals surface area contributed by atoms with Crippen molar-refractivity contribution in [1.82, 2.24) is 9.78 Å². The van der Waals surface area contributed by atoms with Crippen molar-refractivity contribution in [2.24, 2.45) is 0 Å². The highest BCUT2D eigenvalue weighted by atomic mass is 32.2. The number of nitrogens with one attached hydrogen (secondary N) is 1. The lowest BCUT2D eigenvalue weighted by Gasteiger charge is -2.14. The summed E-state index contributed by atoms with van der Waals surface area (Å²) in [5.74, 6) is 2.90. The maximum absolute atomic E-state index is 12.4. The standard InChI is InChI=1S/C21H23N3O4S/c1-26-16-7-9-17(10-8-16)29-14-20(25)23-19-11-12-22-24(19)13-15-5-4-6-18(27-2)21(15)28-3/h4-12H,13-14H2,1-3H3,(H,23,25). The van der Waals surface area contributed by atoms with Gasteiger partial charge in [-0.25, -0.2) is 4.68 Å². The Hall–Kier alpha value is -3.13. The third-order valence-corrected chi connectivity index (χ3v) is 5.23. The van der Waals surface area contributed by atoms with E-state index in [1.807, 2.05) is 42.5 Å². The molecule has 0 aliphatic carbocycles. The molecule has 0 bridgehead atoms. The van der Waals surface area contributed by atoms with Gasteiger partial charge in [0, 0.05) is 16.5 Å². The van der Waals surface area contributed by atoms with Crippen molar-refractivity contribution < 1.29 is 19.0 Å². The third kappa shape index (κ3) is 5.23. The van der Waals surface area contributed by atoms with Crippen LogP contribution >= 0.6 is 11.8 Å². The molecular weight excluding hydrogens is 390 g/mol. The number of para-hydroxylation sites is 1. The topological polar surface area (TPSA) is 74.6 Å². The second-order valence-corrected chi connectivity index (χ2v) is 7.09. The number of methoxy groups -OCH3 is 3. The predicted molar refractivity (Wildman–Crippen MR) is 113 cm³/mol. The highest BCUT2D eigenvalue weighted by Gasteiger charge is 2.13. The molecule has 0 unspecified atom stereocenters. The van der Waals surface area contributed by atoms with Crippen molar-refractivity contribution in [3.63, 3.8) is 0 Å². The molecule has 1 heterocycles. The Kier molecular flexibility index (Phi) is 7.02. The van der Waals surface area contributed by atoms with Crippen LogP contribution in [0.15, 0.2) is 59.6 Å². The fraction of sp³-hybridized carbons (Fsp3) is 0.238. The number of hydrogen-bond donors (Lipinski definition) is 1. The van der Waals surface area contributed by atoms with E-state index in [9.17, 15) is 4.79 Å². The first kappa shape index (κ1) is 20.6. The summed E-state index contributed by atoms with van der Waals surface area (Å²) in [6.45, 7) is 0.439. The van der Waals surface area contributed by atoms with Crippen LogP contribution in [0.25, 0.3) is 0 Å². The summed E-state index contributed by atoms with van der Waals surface area (Å²) in [6, 6.07) is 15.0. The number of rotatable bonds is 9. The molecule has 1 N–H and O–H groups in total. The van der Waals surface area contributed by atoms with Crippen LogP contribution in [0.4, 0.5) is 5.82 Å². The van der Waals surface area contributed by atoms with Gasteiger partial charge in [-0.1, -0.05) is 12.1 Å². The van der Waals surface area contributed by atoms with E-state index in [1.54, 1.807) is 38.3 Å². The van der Waals surface area contributed by atoms with Crippen LogP contribution in [0.5, 0.6) is 17.2 Å². The smallest absolute Gasteiger partial charge is 0.235 e. The van der Waals surface area contributed by atoms with E-state index < -0.39 is 0 Å². The molecule has 3 rings (SSSR count). The zero-order valence-electron chi connectivity index (χ0n) is 16.5. The highest BCUT2D eigenvalue weighted by molar-refractivity contribution is 8.00. The summed E-state index contributed by atoms with van der Waals surface area (Å²) in [7, 11) is 4.82. The lowest BCUT2D eigenvalue weighted by atomic mass is 10.2. The van der Waals surface area contributed by atoms with Gasteiger partial charge in [0.2, 0.25) is 5.91 Å². The van der Waals surface area contributed by atoms with Crippen molar-refractivity contribution in [3.05, 3.63) is 60.3 Å². The zero-order valence-corrected chi connectivity index (χ0v) is 17.4. The van der Waals surface area contributed by atoms with E-state index in [4.69, 9.17) is 14.2 Å². The Labute approximate surface area is 174 Å². The Morgan fingerprint density at radius 3 is 2.52 bits per heavy atom. The Bertz CT molecular complexity index is 957. The minimum Gasteiger partial charge on any atom is -0.497 e. The van der Waals surface area contributed by atoms with Gasteiger partial charge in [0.25, 0.3) is 0 Å². The van der Waals surface area contributed by atoms with Crippen molar-refractivity contribution in [2.45, 2.75) is 11.4 Å². The Morgan fingerprint density at radius 2 is 1.83 bits per heavy atom. The van der Waals surface area contributed by atoms with E-state index in [1.165, 1.54) is 11.8 Å². The molecule has 0 aliphatic heterocycles. The zero-order chi connectivity index (χ0) is 20.6. The molecule has 2 aromatic carbocycles. The van der Waals surface area contributed by atoms with Crippen molar-refractivity contribution >= 4 is 23.5 Å². The Morgan fingerprint density at radius 1 is 1.03 bits per heavy atom. The average molecular weight is 413 g/mol. The van der Waals surface area contributed by atoms with E-state index in [-0.39, 0.29) is 5.91 Å². The molecular formula is C21H23N3O4S. The monoisotopic (exact) mass is 413 g/mol. The van der Waals surface area contributed by atoms with E-state index in [2.05, 4.69) is 10.4 Å². The largest absolute Gasteiger partial charge is 0.497 e. The molecule has 152 valence electrons. The fourth-order valence-corrected chi connectivity index (χ4v) is 3.50. The number of amides is 1. The minimum atomic E-state index is -0.106. The number of nitrogens with zero attached hydrogens (tertiary/aromatic N) is 2. The summed E-state index contributed by atoms with van der Waals surface area (Å²) in [5, 5.41) is 7.23. The molecule has 8 heteroatoms. The molecule has 29 heavy (non-hydrogen) atoms. The first-order valence-corrected chi connectivity index (χ1v) is 9.91. The quantitative estimate of drug-likeness (QED) is 0.540. The van der Waals surface area contributed by atoms with Gasteiger partial charge in [0.1, 0.15) is 11.6 Å².